The molecule has 1 fully saturated rings. The third kappa shape index (κ3) is 3.42. The van der Waals surface area contributed by atoms with Crippen LogP contribution in [0.15, 0.2) is 18.2 Å². The lowest BCUT2D eigenvalue weighted by Crippen LogP contribution is -2.31. The Morgan fingerprint density at radius 1 is 1.35 bits per heavy atom. The van der Waals surface area contributed by atoms with Crippen LogP contribution in [0, 0.1) is 0 Å². The minimum absolute atomic E-state index is 0.155. The molecule has 2 rings (SSSR count). The summed E-state index contributed by atoms with van der Waals surface area (Å²) >= 11 is 0. The third-order valence-electron chi connectivity index (χ3n) is 3.60. The first-order chi connectivity index (χ1) is 9.76. The number of hydrogen-bond acceptors (Lipinski definition) is 4. The number of nitrogens with one attached hydrogen (secondary N) is 2. The van der Waals surface area contributed by atoms with Crippen molar-refractivity contribution in [1.29, 1.82) is 0 Å². The Morgan fingerprint density at radius 2 is 2.05 bits per heavy atom. The fourth-order valence-corrected chi connectivity index (χ4v) is 2.53. The largest absolute Gasteiger partial charge is 0.496 e. The third-order valence-corrected chi connectivity index (χ3v) is 3.60. The van der Waals surface area contributed by atoms with E-state index in [9.17, 15) is 4.79 Å². The van der Waals surface area contributed by atoms with Crippen LogP contribution >= 0.6 is 0 Å². The second-order valence-corrected chi connectivity index (χ2v) is 4.88. The number of carbonyl (C=O) groups is 1. The fourth-order valence-electron chi connectivity index (χ4n) is 2.53. The zero-order valence-corrected chi connectivity index (χ0v) is 12.1. The monoisotopic (exact) mass is 278 g/mol. The van der Waals surface area contributed by atoms with E-state index in [1.165, 1.54) is 12.8 Å². The van der Waals surface area contributed by atoms with Crippen molar-refractivity contribution in [2.75, 3.05) is 27.3 Å². The van der Waals surface area contributed by atoms with Gasteiger partial charge in [0.25, 0.3) is 5.91 Å². The Morgan fingerprint density at radius 3 is 2.60 bits per heavy atom. The number of carbonyl (C=O) groups excluding carboxylic acids is 1. The van der Waals surface area contributed by atoms with E-state index in [4.69, 9.17) is 9.47 Å². The first-order valence-electron chi connectivity index (χ1n) is 6.99. The molecule has 1 saturated heterocycles. The molecule has 0 aliphatic carbocycles. The first kappa shape index (κ1) is 14.7. The molecule has 0 saturated carbocycles. The van der Waals surface area contributed by atoms with Gasteiger partial charge in [-0.3, -0.25) is 4.79 Å². The van der Waals surface area contributed by atoms with Crippen molar-refractivity contribution >= 4 is 5.91 Å². The van der Waals surface area contributed by atoms with Gasteiger partial charge in [-0.1, -0.05) is 6.07 Å². The summed E-state index contributed by atoms with van der Waals surface area (Å²) in [5.41, 5.74) is 0.455. The lowest BCUT2D eigenvalue weighted by atomic mass is 10.1. The second kappa shape index (κ2) is 7.14. The maximum absolute atomic E-state index is 12.3. The molecule has 20 heavy (non-hydrogen) atoms. The van der Waals surface area contributed by atoms with E-state index in [2.05, 4.69) is 10.6 Å². The van der Waals surface area contributed by atoms with Gasteiger partial charge in [0.05, 0.1) is 14.2 Å². The first-order valence-corrected chi connectivity index (χ1v) is 6.99. The smallest absolute Gasteiger partial charge is 0.258 e. The summed E-state index contributed by atoms with van der Waals surface area (Å²) in [4.78, 5) is 12.3. The number of rotatable bonds is 6. The van der Waals surface area contributed by atoms with E-state index in [1.54, 1.807) is 32.4 Å². The Kier molecular flexibility index (Phi) is 5.24. The topological polar surface area (TPSA) is 59.6 Å². The van der Waals surface area contributed by atoms with Crippen molar-refractivity contribution in [2.24, 2.45) is 0 Å². The molecule has 0 aromatic heterocycles. The normalized spacial score (nSPS) is 17.8. The van der Waals surface area contributed by atoms with E-state index in [-0.39, 0.29) is 5.91 Å². The van der Waals surface area contributed by atoms with Gasteiger partial charge in [-0.05, 0) is 37.9 Å². The van der Waals surface area contributed by atoms with Gasteiger partial charge < -0.3 is 20.1 Å². The molecule has 0 spiro atoms. The highest BCUT2D eigenvalue weighted by Gasteiger charge is 2.19. The van der Waals surface area contributed by atoms with Gasteiger partial charge in [-0.2, -0.15) is 0 Å². The molecule has 0 radical (unpaired) electrons. The molecule has 1 aromatic carbocycles. The van der Waals surface area contributed by atoms with Crippen LogP contribution < -0.4 is 20.1 Å². The molecule has 1 atom stereocenters. The minimum Gasteiger partial charge on any atom is -0.496 e. The van der Waals surface area contributed by atoms with Gasteiger partial charge in [0.2, 0.25) is 0 Å². The zero-order valence-electron chi connectivity index (χ0n) is 12.1. The molecular formula is C15H22N2O3. The molecule has 1 amide bonds. The average Bonchev–Trinajstić information content (AvgIpc) is 2.99. The Hall–Kier alpha value is -1.75. The maximum atomic E-state index is 12.3. The molecular weight excluding hydrogens is 256 g/mol. The molecule has 1 aliphatic rings. The number of benzene rings is 1. The number of ether oxygens (including phenoxy) is 2. The second-order valence-electron chi connectivity index (χ2n) is 4.88. The molecule has 1 aliphatic heterocycles. The molecule has 5 heteroatoms. The molecule has 0 unspecified atom stereocenters. The van der Waals surface area contributed by atoms with Gasteiger partial charge >= 0.3 is 0 Å². The summed E-state index contributed by atoms with van der Waals surface area (Å²) in [7, 11) is 3.10. The van der Waals surface area contributed by atoms with E-state index in [1.807, 2.05) is 0 Å². The Labute approximate surface area is 119 Å². The molecule has 1 aromatic rings. The van der Waals surface area contributed by atoms with Crippen LogP contribution in [0.1, 0.15) is 29.6 Å². The molecule has 5 nitrogen and oxygen atoms in total. The summed E-state index contributed by atoms with van der Waals surface area (Å²) in [5, 5.41) is 6.35. The van der Waals surface area contributed by atoms with Crippen LogP contribution in [0.4, 0.5) is 0 Å². The molecule has 1 heterocycles. The zero-order chi connectivity index (χ0) is 14.4. The van der Waals surface area contributed by atoms with E-state index < -0.39 is 0 Å². The van der Waals surface area contributed by atoms with Crippen molar-refractivity contribution in [2.45, 2.75) is 25.3 Å². The summed E-state index contributed by atoms with van der Waals surface area (Å²) in [6.07, 6.45) is 3.36. The number of amides is 1. The lowest BCUT2D eigenvalue weighted by molar-refractivity contribution is 0.0946. The predicted molar refractivity (Wildman–Crippen MR) is 77.5 cm³/mol. The average molecular weight is 278 g/mol. The van der Waals surface area contributed by atoms with Crippen molar-refractivity contribution in [1.82, 2.24) is 10.6 Å². The van der Waals surface area contributed by atoms with Gasteiger partial charge in [0.1, 0.15) is 17.1 Å². The van der Waals surface area contributed by atoms with Crippen LogP contribution in [0.25, 0.3) is 0 Å². The molecule has 2 N–H and O–H groups in total. The quantitative estimate of drug-likeness (QED) is 0.829. The van der Waals surface area contributed by atoms with Crippen LogP contribution in [0.3, 0.4) is 0 Å². The highest BCUT2D eigenvalue weighted by Crippen LogP contribution is 2.27. The van der Waals surface area contributed by atoms with Crippen molar-refractivity contribution in [3.63, 3.8) is 0 Å². The highest BCUT2D eigenvalue weighted by atomic mass is 16.5. The summed E-state index contributed by atoms with van der Waals surface area (Å²) < 4.78 is 10.5. The van der Waals surface area contributed by atoms with Gasteiger partial charge in [-0.15, -0.1) is 0 Å². The van der Waals surface area contributed by atoms with Crippen molar-refractivity contribution in [3.05, 3.63) is 23.8 Å². The Bertz CT molecular complexity index is 434. The minimum atomic E-state index is -0.155. The standard InChI is InChI=1S/C15H22N2O3/c1-19-12-6-3-7-13(20-2)14(12)15(18)17-10-8-11-5-4-9-16-11/h3,6-7,11,16H,4-5,8-10H2,1-2H3,(H,17,18)/t11-/m0/s1. The summed E-state index contributed by atoms with van der Waals surface area (Å²) in [6.45, 7) is 1.73. The van der Waals surface area contributed by atoms with Crippen molar-refractivity contribution < 1.29 is 14.3 Å². The summed E-state index contributed by atoms with van der Waals surface area (Å²) in [6, 6.07) is 5.85. The SMILES string of the molecule is COc1cccc(OC)c1C(=O)NCC[C@@H]1CCCN1. The van der Waals surface area contributed by atoms with E-state index in [0.717, 1.165) is 13.0 Å². The van der Waals surface area contributed by atoms with E-state index in [0.29, 0.717) is 29.6 Å². The van der Waals surface area contributed by atoms with Gasteiger partial charge in [0, 0.05) is 12.6 Å². The van der Waals surface area contributed by atoms with Gasteiger partial charge in [0.15, 0.2) is 0 Å². The van der Waals surface area contributed by atoms with E-state index >= 15 is 0 Å². The van der Waals surface area contributed by atoms with Crippen LogP contribution in [0.5, 0.6) is 11.5 Å². The summed E-state index contributed by atoms with van der Waals surface area (Å²) in [5.74, 6) is 0.902. The predicted octanol–water partition coefficient (Wildman–Crippen LogP) is 1.58. The Balaban J connectivity index is 1.97. The molecule has 110 valence electrons. The van der Waals surface area contributed by atoms with Crippen LogP contribution in [-0.2, 0) is 0 Å². The van der Waals surface area contributed by atoms with Crippen LogP contribution in [0.2, 0.25) is 0 Å². The van der Waals surface area contributed by atoms with Crippen molar-refractivity contribution in [3.8, 4) is 11.5 Å². The lowest BCUT2D eigenvalue weighted by Gasteiger charge is -2.14. The van der Waals surface area contributed by atoms with Crippen LogP contribution in [-0.4, -0.2) is 39.3 Å². The number of methoxy groups -OCH3 is 2. The van der Waals surface area contributed by atoms with Gasteiger partial charge in [-0.25, -0.2) is 0 Å². The fraction of sp³-hybridized carbons (Fsp3) is 0.533. The number of hydrogen-bond donors (Lipinski definition) is 2. The highest BCUT2D eigenvalue weighted by molar-refractivity contribution is 5.99. The molecule has 0 bridgehead atoms. The maximum Gasteiger partial charge on any atom is 0.258 e.